The first kappa shape index (κ1) is 29.4. The minimum Gasteiger partial charge on any atom is -0.475 e. The number of hydrogen-bond donors (Lipinski definition) is 2. The molecule has 0 amide bonds. The van der Waals surface area contributed by atoms with Crippen LogP contribution in [0.4, 0.5) is 8.78 Å². The Hall–Kier alpha value is -3.10. The number of nitrogens with zero attached hydrogens (tertiary/aromatic N) is 2. The van der Waals surface area contributed by atoms with Gasteiger partial charge in [0.25, 0.3) is 0 Å². The van der Waals surface area contributed by atoms with Crippen LogP contribution in [0.3, 0.4) is 0 Å². The Kier molecular flexibility index (Phi) is 8.62. The fourth-order valence-corrected chi connectivity index (χ4v) is 6.50. The SMILES string of the molecule is Cc1cc(C)cc(-c2[nH]nc(OCC(C)(C)C(=O)C3C4CCN3CC4)c2[C@H](C)CNCCc2ccc(F)c(F)c2)c1. The number of piperidine rings is 1. The summed E-state index contributed by atoms with van der Waals surface area (Å²) in [5, 5.41) is 11.3. The quantitative estimate of drug-likeness (QED) is 0.265. The number of carbonyl (C=O) groups is 1. The molecule has 3 aromatic rings. The number of H-pyrrole nitrogens is 1. The molecule has 0 spiro atoms. The van der Waals surface area contributed by atoms with Crippen molar-refractivity contribution in [3.63, 3.8) is 0 Å². The van der Waals surface area contributed by atoms with Crippen LogP contribution >= 0.6 is 0 Å². The van der Waals surface area contributed by atoms with Gasteiger partial charge in [-0.3, -0.25) is 14.8 Å². The number of ketones is 1. The molecule has 0 saturated carbocycles. The van der Waals surface area contributed by atoms with Crippen LogP contribution < -0.4 is 10.1 Å². The zero-order valence-corrected chi connectivity index (χ0v) is 24.8. The van der Waals surface area contributed by atoms with Crippen molar-refractivity contribution in [2.75, 3.05) is 32.8 Å². The van der Waals surface area contributed by atoms with E-state index in [1.807, 2.05) is 13.8 Å². The Balaban J connectivity index is 1.31. The number of ether oxygens (including phenoxy) is 1. The number of rotatable bonds is 12. The molecule has 2 saturated heterocycles. The Morgan fingerprint density at radius 3 is 2.46 bits per heavy atom. The third kappa shape index (κ3) is 6.38. The second-order valence-electron chi connectivity index (χ2n) is 12.7. The summed E-state index contributed by atoms with van der Waals surface area (Å²) in [6, 6.07) is 10.4. The van der Waals surface area contributed by atoms with E-state index in [2.05, 4.69) is 59.4 Å². The minimum absolute atomic E-state index is 0.00999. The van der Waals surface area contributed by atoms with E-state index in [9.17, 15) is 13.6 Å². The van der Waals surface area contributed by atoms with Crippen molar-refractivity contribution in [1.82, 2.24) is 20.4 Å². The predicted octanol–water partition coefficient (Wildman–Crippen LogP) is 5.98. The molecule has 2 aromatic carbocycles. The molecule has 5 rings (SSSR count). The van der Waals surface area contributed by atoms with Crippen LogP contribution in [-0.2, 0) is 11.2 Å². The fraction of sp³-hybridized carbons (Fsp3) is 0.515. The maximum absolute atomic E-state index is 13.6. The first-order valence-corrected chi connectivity index (χ1v) is 14.8. The fourth-order valence-electron chi connectivity index (χ4n) is 6.50. The van der Waals surface area contributed by atoms with Gasteiger partial charge < -0.3 is 10.1 Å². The summed E-state index contributed by atoms with van der Waals surface area (Å²) in [6.07, 6.45) is 2.80. The largest absolute Gasteiger partial charge is 0.475 e. The number of nitrogens with one attached hydrogen (secondary N) is 2. The topological polar surface area (TPSA) is 70.2 Å². The van der Waals surface area contributed by atoms with E-state index in [-0.39, 0.29) is 24.3 Å². The number of Topliss-reactive ketones (excluding diaryl/α,β-unsaturated/α-hetero) is 1. The molecule has 2 bridgehead atoms. The van der Waals surface area contributed by atoms with Crippen LogP contribution in [0.1, 0.15) is 61.8 Å². The van der Waals surface area contributed by atoms with Gasteiger partial charge in [-0.25, -0.2) is 8.78 Å². The first-order valence-electron chi connectivity index (χ1n) is 14.8. The normalized spacial score (nSPS) is 20.9. The highest BCUT2D eigenvalue weighted by molar-refractivity contribution is 5.90. The summed E-state index contributed by atoms with van der Waals surface area (Å²) in [5.41, 5.74) is 5.33. The average molecular weight is 565 g/mol. The molecule has 6 nitrogen and oxygen atoms in total. The van der Waals surface area contributed by atoms with Gasteiger partial charge in [-0.15, -0.1) is 5.10 Å². The van der Waals surface area contributed by atoms with E-state index in [0.717, 1.165) is 59.4 Å². The van der Waals surface area contributed by atoms with Crippen LogP contribution in [0.2, 0.25) is 0 Å². The summed E-state index contributed by atoms with van der Waals surface area (Å²) >= 11 is 0. The summed E-state index contributed by atoms with van der Waals surface area (Å²) < 4.78 is 33.3. The van der Waals surface area contributed by atoms with Crippen molar-refractivity contribution < 1.29 is 18.3 Å². The van der Waals surface area contributed by atoms with Crippen LogP contribution in [0.25, 0.3) is 11.3 Å². The number of aryl methyl sites for hydroxylation is 2. The van der Waals surface area contributed by atoms with Gasteiger partial charge >= 0.3 is 0 Å². The van der Waals surface area contributed by atoms with E-state index in [4.69, 9.17) is 4.74 Å². The smallest absolute Gasteiger partial charge is 0.236 e. The van der Waals surface area contributed by atoms with Crippen LogP contribution in [0, 0.1) is 36.8 Å². The van der Waals surface area contributed by atoms with Crippen LogP contribution in [0.5, 0.6) is 5.88 Å². The molecule has 2 fully saturated rings. The first-order chi connectivity index (χ1) is 19.5. The van der Waals surface area contributed by atoms with Gasteiger partial charge in [0.2, 0.25) is 5.88 Å². The van der Waals surface area contributed by atoms with E-state index >= 15 is 0 Å². The number of fused-ring (bicyclic) bond motifs is 2. The highest BCUT2D eigenvalue weighted by Crippen LogP contribution is 2.40. The third-order valence-corrected chi connectivity index (χ3v) is 8.72. The van der Waals surface area contributed by atoms with E-state index in [1.54, 1.807) is 6.07 Å². The van der Waals surface area contributed by atoms with E-state index in [1.165, 1.54) is 12.1 Å². The molecule has 1 aromatic heterocycles. The van der Waals surface area contributed by atoms with Crippen molar-refractivity contribution in [3.8, 4) is 17.1 Å². The van der Waals surface area contributed by atoms with Gasteiger partial charge in [-0.05, 0) is 102 Å². The Labute approximate surface area is 241 Å². The molecule has 2 N–H and O–H groups in total. The standard InChI is InChI=1S/C33H42F2N4O2/c1-20-14-21(2)16-25(15-20)29-28(22(3)18-36-11-8-23-6-7-26(34)27(35)17-23)32(38-37-29)41-19-33(4,5)31(40)30-24-9-12-39(30)13-10-24/h6-7,14-17,22,24,30,36H,8-13,18-19H2,1-5H3,(H,37,38)/t22-,30?/m1/s1. The molecular weight excluding hydrogens is 522 g/mol. The van der Waals surface area contributed by atoms with Crippen molar-refractivity contribution in [2.45, 2.75) is 65.8 Å². The summed E-state index contributed by atoms with van der Waals surface area (Å²) in [6.45, 7) is 13.8. The van der Waals surface area contributed by atoms with Gasteiger partial charge in [0.1, 0.15) is 6.61 Å². The molecule has 0 radical (unpaired) electrons. The number of benzene rings is 2. The van der Waals surface area contributed by atoms with Crippen molar-refractivity contribution in [1.29, 1.82) is 0 Å². The number of aromatic nitrogens is 2. The maximum atomic E-state index is 13.6. The molecule has 2 atom stereocenters. The lowest BCUT2D eigenvalue weighted by Gasteiger charge is -2.29. The highest BCUT2D eigenvalue weighted by atomic mass is 19.2. The zero-order chi connectivity index (χ0) is 29.3. The lowest BCUT2D eigenvalue weighted by molar-refractivity contribution is -0.133. The number of halogens is 2. The number of hydrogen-bond acceptors (Lipinski definition) is 5. The second-order valence-corrected chi connectivity index (χ2v) is 12.7. The van der Waals surface area contributed by atoms with Gasteiger partial charge in [0, 0.05) is 23.6 Å². The second kappa shape index (κ2) is 12.0. The Morgan fingerprint density at radius 2 is 1.83 bits per heavy atom. The summed E-state index contributed by atoms with van der Waals surface area (Å²) in [5.74, 6) is -0.384. The summed E-state index contributed by atoms with van der Waals surface area (Å²) in [4.78, 5) is 15.9. The third-order valence-electron chi connectivity index (χ3n) is 8.72. The minimum atomic E-state index is -0.834. The number of carbonyl (C=O) groups excluding carboxylic acids is 1. The number of aromatic amines is 1. The molecule has 8 heteroatoms. The lowest BCUT2D eigenvalue weighted by Crippen LogP contribution is -2.44. The Morgan fingerprint density at radius 1 is 1.12 bits per heavy atom. The van der Waals surface area contributed by atoms with Crippen molar-refractivity contribution in [3.05, 3.63) is 70.3 Å². The van der Waals surface area contributed by atoms with Gasteiger partial charge in [-0.2, -0.15) is 0 Å². The maximum Gasteiger partial charge on any atom is 0.236 e. The predicted molar refractivity (Wildman–Crippen MR) is 157 cm³/mol. The van der Waals surface area contributed by atoms with Crippen LogP contribution in [-0.4, -0.2) is 59.7 Å². The molecule has 1 unspecified atom stereocenters. The monoisotopic (exact) mass is 564 g/mol. The molecule has 2 aliphatic heterocycles. The van der Waals surface area contributed by atoms with Gasteiger partial charge in [0.15, 0.2) is 17.4 Å². The molecular formula is C33H42F2N4O2. The Bertz CT molecular complexity index is 1360. The van der Waals surface area contributed by atoms with Gasteiger partial charge in [-0.1, -0.05) is 30.2 Å². The van der Waals surface area contributed by atoms with Gasteiger partial charge in [0.05, 0.1) is 17.2 Å². The molecule has 41 heavy (non-hydrogen) atoms. The molecule has 0 aliphatic carbocycles. The lowest BCUT2D eigenvalue weighted by atomic mass is 9.81. The highest BCUT2D eigenvalue weighted by Gasteiger charge is 2.48. The molecule has 3 heterocycles. The average Bonchev–Trinajstić information content (AvgIpc) is 3.65. The van der Waals surface area contributed by atoms with Crippen molar-refractivity contribution in [2.24, 2.45) is 11.3 Å². The van der Waals surface area contributed by atoms with Crippen molar-refractivity contribution >= 4 is 5.78 Å². The zero-order valence-electron chi connectivity index (χ0n) is 24.8. The summed E-state index contributed by atoms with van der Waals surface area (Å²) in [7, 11) is 0. The van der Waals surface area contributed by atoms with E-state index in [0.29, 0.717) is 31.3 Å². The van der Waals surface area contributed by atoms with E-state index < -0.39 is 17.0 Å². The molecule has 2 aliphatic rings. The van der Waals surface area contributed by atoms with Crippen LogP contribution in [0.15, 0.2) is 36.4 Å². The molecule has 220 valence electrons.